The number of hydrogen-bond acceptors (Lipinski definition) is 2. The number of nitrogens with zero attached hydrogens (tertiary/aromatic N) is 1. The van der Waals surface area contributed by atoms with Gasteiger partial charge in [0.05, 0.1) is 0 Å². The Morgan fingerprint density at radius 3 is 2.43 bits per heavy atom. The fraction of sp³-hybridized carbons (Fsp3) is 0.333. The van der Waals surface area contributed by atoms with Gasteiger partial charge in [0, 0.05) is 19.1 Å². The first kappa shape index (κ1) is 15.8. The van der Waals surface area contributed by atoms with E-state index in [4.69, 9.17) is 0 Å². The molecule has 0 radical (unpaired) electrons. The van der Waals surface area contributed by atoms with E-state index in [1.807, 2.05) is 18.2 Å². The lowest BCUT2D eigenvalue weighted by molar-refractivity contribution is 0.197. The molecule has 0 aromatic heterocycles. The molecule has 2 nitrogen and oxygen atoms in total. The zero-order valence-corrected chi connectivity index (χ0v) is 14.0. The maximum atomic E-state index is 10.1. The van der Waals surface area contributed by atoms with Crippen LogP contribution in [0.4, 0.5) is 0 Å². The quantitative estimate of drug-likeness (QED) is 0.838. The Labute approximate surface area is 139 Å². The summed E-state index contributed by atoms with van der Waals surface area (Å²) < 4.78 is 0. The van der Waals surface area contributed by atoms with E-state index in [1.165, 1.54) is 16.7 Å². The van der Waals surface area contributed by atoms with Gasteiger partial charge >= 0.3 is 0 Å². The van der Waals surface area contributed by atoms with Gasteiger partial charge in [0.15, 0.2) is 0 Å². The predicted molar refractivity (Wildman–Crippen MR) is 95.4 cm³/mol. The minimum absolute atomic E-state index is 0.359. The maximum absolute atomic E-state index is 10.1. The molecule has 1 unspecified atom stereocenters. The minimum atomic E-state index is 0.359. The van der Waals surface area contributed by atoms with Crippen molar-refractivity contribution >= 4 is 0 Å². The van der Waals surface area contributed by atoms with Crippen molar-refractivity contribution in [1.29, 1.82) is 0 Å². The van der Waals surface area contributed by atoms with Crippen LogP contribution in [-0.4, -0.2) is 22.6 Å². The van der Waals surface area contributed by atoms with Gasteiger partial charge in [0.25, 0.3) is 0 Å². The second kappa shape index (κ2) is 7.01. The van der Waals surface area contributed by atoms with E-state index in [1.54, 1.807) is 6.07 Å². The summed E-state index contributed by atoms with van der Waals surface area (Å²) in [7, 11) is 0. The van der Waals surface area contributed by atoms with Crippen LogP contribution in [0.3, 0.4) is 0 Å². The van der Waals surface area contributed by atoms with Gasteiger partial charge < -0.3 is 5.11 Å². The van der Waals surface area contributed by atoms with E-state index < -0.39 is 0 Å². The van der Waals surface area contributed by atoms with Crippen molar-refractivity contribution in [2.24, 2.45) is 0 Å². The standard InChI is InChI=1S/C21H25NO/c1-16-12-13-22(15-18-8-4-3-5-9-18)20(17(16)2)14-19-10-6-7-11-21(19)23/h3-11,20,23H,12-15H2,1-2H3. The molecule has 2 heteroatoms. The molecule has 120 valence electrons. The SMILES string of the molecule is CC1=C(C)C(Cc2ccccc2O)N(Cc2ccccc2)CC1. The average Bonchev–Trinajstić information content (AvgIpc) is 2.57. The third-order valence-corrected chi connectivity index (χ3v) is 5.02. The van der Waals surface area contributed by atoms with E-state index in [0.717, 1.165) is 31.5 Å². The topological polar surface area (TPSA) is 23.5 Å². The number of hydrogen-bond donors (Lipinski definition) is 1. The molecule has 0 bridgehead atoms. The summed E-state index contributed by atoms with van der Waals surface area (Å²) in [5.74, 6) is 0.406. The predicted octanol–water partition coefficient (Wildman–Crippen LogP) is 4.55. The summed E-state index contributed by atoms with van der Waals surface area (Å²) in [6, 6.07) is 18.7. The minimum Gasteiger partial charge on any atom is -0.508 e. The molecule has 1 heterocycles. The lowest BCUT2D eigenvalue weighted by atomic mass is 9.89. The van der Waals surface area contributed by atoms with Crippen LogP contribution < -0.4 is 0 Å². The van der Waals surface area contributed by atoms with Crippen LogP contribution in [0.5, 0.6) is 5.75 Å². The van der Waals surface area contributed by atoms with Crippen LogP contribution in [0.1, 0.15) is 31.4 Å². The number of benzene rings is 2. The number of aromatic hydroxyl groups is 1. The summed E-state index contributed by atoms with van der Waals surface area (Å²) in [4.78, 5) is 2.55. The molecule has 2 aromatic rings. The van der Waals surface area contributed by atoms with Crippen molar-refractivity contribution < 1.29 is 5.11 Å². The zero-order valence-electron chi connectivity index (χ0n) is 14.0. The highest BCUT2D eigenvalue weighted by Gasteiger charge is 2.26. The Kier molecular flexibility index (Phi) is 4.82. The molecule has 0 spiro atoms. The van der Waals surface area contributed by atoms with Crippen LogP contribution >= 0.6 is 0 Å². The number of phenols is 1. The van der Waals surface area contributed by atoms with Crippen LogP contribution in [0.25, 0.3) is 0 Å². The van der Waals surface area contributed by atoms with Crippen molar-refractivity contribution in [1.82, 2.24) is 4.90 Å². The molecule has 23 heavy (non-hydrogen) atoms. The summed E-state index contributed by atoms with van der Waals surface area (Å²) in [6.07, 6.45) is 2.00. The molecule has 1 atom stereocenters. The first-order chi connectivity index (χ1) is 11.1. The number of rotatable bonds is 4. The average molecular weight is 307 g/mol. The van der Waals surface area contributed by atoms with Gasteiger partial charge in [-0.05, 0) is 43.9 Å². The van der Waals surface area contributed by atoms with Crippen molar-refractivity contribution in [3.05, 3.63) is 76.9 Å². The van der Waals surface area contributed by atoms with Crippen molar-refractivity contribution in [2.45, 2.75) is 39.3 Å². The maximum Gasteiger partial charge on any atom is 0.118 e. The Morgan fingerprint density at radius 1 is 1.00 bits per heavy atom. The molecule has 0 saturated heterocycles. The lowest BCUT2D eigenvalue weighted by Crippen LogP contribution is -2.41. The van der Waals surface area contributed by atoms with Gasteiger partial charge in [-0.15, -0.1) is 0 Å². The molecule has 2 aromatic carbocycles. The first-order valence-corrected chi connectivity index (χ1v) is 8.36. The number of para-hydroxylation sites is 1. The van der Waals surface area contributed by atoms with Crippen LogP contribution in [0.2, 0.25) is 0 Å². The van der Waals surface area contributed by atoms with Crippen LogP contribution in [-0.2, 0) is 13.0 Å². The molecule has 0 aliphatic carbocycles. The van der Waals surface area contributed by atoms with Gasteiger partial charge in [-0.1, -0.05) is 59.7 Å². The Balaban J connectivity index is 1.85. The van der Waals surface area contributed by atoms with E-state index in [-0.39, 0.29) is 0 Å². The summed E-state index contributed by atoms with van der Waals surface area (Å²) in [5.41, 5.74) is 5.33. The molecular weight excluding hydrogens is 282 g/mol. The molecule has 1 N–H and O–H groups in total. The normalized spacial score (nSPS) is 19.1. The highest BCUT2D eigenvalue weighted by molar-refractivity contribution is 5.35. The highest BCUT2D eigenvalue weighted by Crippen LogP contribution is 2.29. The monoisotopic (exact) mass is 307 g/mol. The van der Waals surface area contributed by atoms with E-state index in [2.05, 4.69) is 49.1 Å². The fourth-order valence-electron chi connectivity index (χ4n) is 3.40. The van der Waals surface area contributed by atoms with E-state index in [9.17, 15) is 5.11 Å². The molecule has 1 aliphatic heterocycles. The summed E-state index contributed by atoms with van der Waals surface area (Å²) >= 11 is 0. The Bertz CT molecular complexity index is 690. The van der Waals surface area contributed by atoms with Gasteiger partial charge in [0.2, 0.25) is 0 Å². The molecule has 1 aliphatic rings. The lowest BCUT2D eigenvalue weighted by Gasteiger charge is -2.38. The smallest absolute Gasteiger partial charge is 0.118 e. The molecule has 0 amide bonds. The van der Waals surface area contributed by atoms with Gasteiger partial charge in [0.1, 0.15) is 5.75 Å². The third-order valence-electron chi connectivity index (χ3n) is 5.02. The highest BCUT2D eigenvalue weighted by atomic mass is 16.3. The number of phenolic OH excluding ortho intramolecular Hbond substituents is 1. The second-order valence-electron chi connectivity index (χ2n) is 6.52. The Hall–Kier alpha value is -2.06. The van der Waals surface area contributed by atoms with Crippen molar-refractivity contribution in [3.63, 3.8) is 0 Å². The van der Waals surface area contributed by atoms with Gasteiger partial charge in [-0.3, -0.25) is 4.90 Å². The van der Waals surface area contributed by atoms with E-state index >= 15 is 0 Å². The van der Waals surface area contributed by atoms with Crippen LogP contribution in [0, 0.1) is 0 Å². The molecule has 0 fully saturated rings. The van der Waals surface area contributed by atoms with Crippen molar-refractivity contribution in [3.8, 4) is 5.75 Å². The summed E-state index contributed by atoms with van der Waals surface area (Å²) in [6.45, 7) is 6.53. The fourth-order valence-corrected chi connectivity index (χ4v) is 3.40. The van der Waals surface area contributed by atoms with Gasteiger partial charge in [-0.25, -0.2) is 0 Å². The molecule has 3 rings (SSSR count). The third kappa shape index (κ3) is 3.65. The first-order valence-electron chi connectivity index (χ1n) is 8.36. The zero-order chi connectivity index (χ0) is 16.2. The largest absolute Gasteiger partial charge is 0.508 e. The van der Waals surface area contributed by atoms with Crippen molar-refractivity contribution in [2.75, 3.05) is 6.54 Å². The second-order valence-corrected chi connectivity index (χ2v) is 6.52. The van der Waals surface area contributed by atoms with Crippen LogP contribution in [0.15, 0.2) is 65.7 Å². The van der Waals surface area contributed by atoms with Gasteiger partial charge in [-0.2, -0.15) is 0 Å². The van der Waals surface area contributed by atoms with E-state index in [0.29, 0.717) is 11.8 Å². The Morgan fingerprint density at radius 2 is 1.70 bits per heavy atom. The summed E-state index contributed by atoms with van der Waals surface area (Å²) in [5, 5.41) is 10.1. The molecular formula is C21H25NO. The molecule has 0 saturated carbocycles.